The lowest BCUT2D eigenvalue weighted by Crippen LogP contribution is -2.68. The summed E-state index contributed by atoms with van der Waals surface area (Å²) in [5.41, 5.74) is 5.70. The molecule has 1 unspecified atom stereocenters. The number of carbonyl (C=O) groups excluding carboxylic acids is 5. The Hall–Kier alpha value is -3.35. The zero-order valence-electron chi connectivity index (χ0n) is 25.7. The molecule has 240 valence electrons. The molecular weight excluding hydrogens is 566 g/mol. The number of carbonyl (C=O) groups is 5. The maximum atomic E-state index is 14.2. The number of primary amides is 1. The molecule has 44 heavy (non-hydrogen) atoms. The van der Waals surface area contributed by atoms with E-state index in [0.29, 0.717) is 56.8 Å². The van der Waals surface area contributed by atoms with Crippen LogP contribution in [0.25, 0.3) is 0 Å². The molecule has 12 heteroatoms. The summed E-state index contributed by atoms with van der Waals surface area (Å²) in [6.45, 7) is 5.94. The van der Waals surface area contributed by atoms with Crippen LogP contribution in [0.5, 0.6) is 0 Å². The molecule has 1 aliphatic carbocycles. The van der Waals surface area contributed by atoms with Crippen molar-refractivity contribution in [1.29, 1.82) is 0 Å². The van der Waals surface area contributed by atoms with E-state index in [2.05, 4.69) is 16.0 Å². The van der Waals surface area contributed by atoms with Crippen LogP contribution in [0.3, 0.4) is 0 Å². The topological polar surface area (TPSA) is 172 Å². The van der Waals surface area contributed by atoms with Crippen LogP contribution in [0, 0.1) is 11.8 Å². The zero-order valence-corrected chi connectivity index (χ0v) is 25.7. The lowest BCUT2D eigenvalue weighted by molar-refractivity contribution is -0.142. The standard InChI is InChI=1S/C32H45N5O7/c1-20(34-27(39)18-37-11-13-43-14-12-37)29(41)36-32(30(33)42,17-22-7-9-25-23(15-22)8-10-26(38)35-25)24(16-21-5-3-4-6-21)28(40)31(2)19-44-31/h7,9,15,20-21,24H,3-6,8,10-14,16-19H2,1-2H3,(H2,33,42)(H,34,39)(H,35,38)(H,36,41)/t20-,24+,31+,32?/m0/s1. The van der Waals surface area contributed by atoms with Gasteiger partial charge in [0.1, 0.15) is 17.2 Å². The third-order valence-corrected chi connectivity index (χ3v) is 9.63. The number of amides is 4. The van der Waals surface area contributed by atoms with Gasteiger partial charge in [0, 0.05) is 31.6 Å². The summed E-state index contributed by atoms with van der Waals surface area (Å²) in [5, 5.41) is 8.53. The van der Waals surface area contributed by atoms with Crippen molar-refractivity contribution >= 4 is 35.1 Å². The van der Waals surface area contributed by atoms with Crippen molar-refractivity contribution in [3.63, 3.8) is 0 Å². The molecule has 1 saturated carbocycles. The first-order valence-corrected chi connectivity index (χ1v) is 15.8. The Balaban J connectivity index is 1.45. The molecule has 0 bridgehead atoms. The number of Topliss-reactive ketones (excluding diaryl/α,β-unsaturated/α-hetero) is 1. The molecule has 2 saturated heterocycles. The maximum Gasteiger partial charge on any atom is 0.244 e. The summed E-state index contributed by atoms with van der Waals surface area (Å²) in [4.78, 5) is 68.4. The van der Waals surface area contributed by atoms with E-state index in [1.165, 1.54) is 0 Å². The maximum absolute atomic E-state index is 14.2. The first kappa shape index (κ1) is 32.1. The van der Waals surface area contributed by atoms with Crippen molar-refractivity contribution in [2.24, 2.45) is 17.6 Å². The van der Waals surface area contributed by atoms with Gasteiger partial charge in [-0.3, -0.25) is 28.9 Å². The molecular formula is C32H45N5O7. The van der Waals surface area contributed by atoms with Gasteiger partial charge in [0.2, 0.25) is 23.6 Å². The van der Waals surface area contributed by atoms with Crippen molar-refractivity contribution in [3.05, 3.63) is 29.3 Å². The minimum absolute atomic E-state index is 0.0249. The Labute approximate surface area is 258 Å². The molecule has 3 heterocycles. The first-order chi connectivity index (χ1) is 21.0. The Morgan fingerprint density at radius 1 is 1.16 bits per heavy atom. The minimum Gasteiger partial charge on any atom is -0.379 e. The second kappa shape index (κ2) is 13.3. The highest BCUT2D eigenvalue weighted by atomic mass is 16.6. The van der Waals surface area contributed by atoms with E-state index in [-0.39, 0.29) is 43.1 Å². The number of morpholine rings is 1. The van der Waals surface area contributed by atoms with Gasteiger partial charge in [-0.15, -0.1) is 0 Å². The molecule has 0 spiro atoms. The molecule has 4 atom stereocenters. The highest BCUT2D eigenvalue weighted by Crippen LogP contribution is 2.42. The van der Waals surface area contributed by atoms with E-state index in [1.54, 1.807) is 26.0 Å². The highest BCUT2D eigenvalue weighted by molar-refractivity contribution is 6.02. The van der Waals surface area contributed by atoms with Crippen LogP contribution in [-0.2, 0) is 46.3 Å². The number of anilines is 1. The van der Waals surface area contributed by atoms with Gasteiger partial charge < -0.3 is 31.2 Å². The number of fused-ring (bicyclic) bond motifs is 1. The van der Waals surface area contributed by atoms with E-state index in [0.717, 1.165) is 31.2 Å². The lowest BCUT2D eigenvalue weighted by Gasteiger charge is -2.41. The number of nitrogens with zero attached hydrogens (tertiary/aromatic N) is 1. The fraction of sp³-hybridized carbons (Fsp3) is 0.656. The molecule has 1 aromatic carbocycles. The summed E-state index contributed by atoms with van der Waals surface area (Å²) < 4.78 is 10.9. The number of nitrogens with two attached hydrogens (primary N) is 1. The first-order valence-electron chi connectivity index (χ1n) is 15.8. The summed E-state index contributed by atoms with van der Waals surface area (Å²) >= 11 is 0. The molecule has 0 radical (unpaired) electrons. The van der Waals surface area contributed by atoms with Crippen molar-refractivity contribution in [3.8, 4) is 0 Å². The molecule has 0 aromatic heterocycles. The SMILES string of the molecule is C[C@H](NC(=O)CN1CCOCC1)C(=O)NC(Cc1ccc2c(c1)CCC(=O)N2)(C(N)=O)[C@H](CC1CCCC1)C(=O)[C@@]1(C)CO1. The number of rotatable bonds is 13. The molecule has 3 aliphatic heterocycles. The Morgan fingerprint density at radius 2 is 1.86 bits per heavy atom. The van der Waals surface area contributed by atoms with E-state index >= 15 is 0 Å². The average Bonchev–Trinajstić information content (AvgIpc) is 3.53. The molecule has 1 aromatic rings. The van der Waals surface area contributed by atoms with Gasteiger partial charge >= 0.3 is 0 Å². The number of hydrogen-bond donors (Lipinski definition) is 4. The van der Waals surface area contributed by atoms with Crippen LogP contribution >= 0.6 is 0 Å². The van der Waals surface area contributed by atoms with Crippen molar-refractivity contribution in [1.82, 2.24) is 15.5 Å². The smallest absolute Gasteiger partial charge is 0.244 e. The van der Waals surface area contributed by atoms with Crippen LogP contribution in [-0.4, -0.2) is 90.9 Å². The summed E-state index contributed by atoms with van der Waals surface area (Å²) in [5.74, 6) is -2.79. The van der Waals surface area contributed by atoms with Gasteiger partial charge in [-0.05, 0) is 49.8 Å². The largest absolute Gasteiger partial charge is 0.379 e. The van der Waals surface area contributed by atoms with Crippen molar-refractivity contribution < 1.29 is 33.4 Å². The van der Waals surface area contributed by atoms with Gasteiger partial charge in [0.25, 0.3) is 0 Å². The van der Waals surface area contributed by atoms with Gasteiger partial charge in [0.05, 0.1) is 32.3 Å². The molecule has 5 rings (SSSR count). The number of aryl methyl sites for hydroxylation is 1. The Bertz CT molecular complexity index is 1290. The number of ether oxygens (including phenoxy) is 2. The zero-order chi connectivity index (χ0) is 31.5. The predicted octanol–water partition coefficient (Wildman–Crippen LogP) is 0.846. The Morgan fingerprint density at radius 3 is 2.52 bits per heavy atom. The number of epoxide rings is 1. The number of hydrogen-bond acceptors (Lipinski definition) is 8. The lowest BCUT2D eigenvalue weighted by atomic mass is 9.69. The fourth-order valence-electron chi connectivity index (χ4n) is 6.82. The minimum atomic E-state index is -1.78. The normalized spacial score (nSPS) is 24.7. The Kier molecular flexibility index (Phi) is 9.71. The molecule has 3 fully saturated rings. The summed E-state index contributed by atoms with van der Waals surface area (Å²) in [6, 6.07) is 4.48. The van der Waals surface area contributed by atoms with E-state index in [9.17, 15) is 24.0 Å². The molecule has 4 aliphatic rings. The van der Waals surface area contributed by atoms with E-state index < -0.39 is 34.9 Å². The van der Waals surface area contributed by atoms with Gasteiger partial charge in [0.15, 0.2) is 5.78 Å². The fourth-order valence-corrected chi connectivity index (χ4v) is 6.82. The number of nitrogens with one attached hydrogen (secondary N) is 3. The van der Waals surface area contributed by atoms with Crippen LogP contribution in [0.1, 0.15) is 63.5 Å². The third-order valence-electron chi connectivity index (χ3n) is 9.63. The van der Waals surface area contributed by atoms with Gasteiger partial charge in [-0.25, -0.2) is 0 Å². The third kappa shape index (κ3) is 7.30. The number of benzene rings is 1. The van der Waals surface area contributed by atoms with Crippen LogP contribution in [0.4, 0.5) is 5.69 Å². The summed E-state index contributed by atoms with van der Waals surface area (Å²) in [7, 11) is 0. The monoisotopic (exact) mass is 611 g/mol. The number of ketones is 1. The van der Waals surface area contributed by atoms with Crippen LogP contribution < -0.4 is 21.7 Å². The molecule has 12 nitrogen and oxygen atoms in total. The highest BCUT2D eigenvalue weighted by Gasteiger charge is 2.58. The second-order valence-corrected chi connectivity index (χ2v) is 13.0. The predicted molar refractivity (Wildman–Crippen MR) is 161 cm³/mol. The molecule has 4 amide bonds. The average molecular weight is 612 g/mol. The van der Waals surface area contributed by atoms with Crippen molar-refractivity contribution in [2.45, 2.75) is 82.4 Å². The second-order valence-electron chi connectivity index (χ2n) is 13.0. The van der Waals surface area contributed by atoms with Gasteiger partial charge in [-0.2, -0.15) is 0 Å². The van der Waals surface area contributed by atoms with E-state index in [4.69, 9.17) is 15.2 Å². The molecule has 5 N–H and O–H groups in total. The van der Waals surface area contributed by atoms with E-state index in [1.807, 2.05) is 11.0 Å². The summed E-state index contributed by atoms with van der Waals surface area (Å²) in [6.07, 6.45) is 5.17. The van der Waals surface area contributed by atoms with Crippen molar-refractivity contribution in [2.75, 3.05) is 44.8 Å². The van der Waals surface area contributed by atoms with Gasteiger partial charge in [-0.1, -0.05) is 37.8 Å². The quantitative estimate of drug-likeness (QED) is 0.238. The van der Waals surface area contributed by atoms with Crippen LogP contribution in [0.15, 0.2) is 18.2 Å². The van der Waals surface area contributed by atoms with Crippen LogP contribution in [0.2, 0.25) is 0 Å².